The molecule has 0 radical (unpaired) electrons. The Labute approximate surface area is 193 Å². The molecule has 4 rings (SSSR count). The molecule has 2 heterocycles. The lowest BCUT2D eigenvalue weighted by Gasteiger charge is -2.34. The average molecular weight is 448 g/mol. The van der Waals surface area contributed by atoms with Gasteiger partial charge >= 0.3 is 0 Å². The second-order valence-corrected chi connectivity index (χ2v) is 8.99. The van der Waals surface area contributed by atoms with Crippen molar-refractivity contribution in [2.45, 2.75) is 12.3 Å². The van der Waals surface area contributed by atoms with Gasteiger partial charge in [-0.3, -0.25) is 14.5 Å². The van der Waals surface area contributed by atoms with Gasteiger partial charge in [-0.25, -0.2) is 0 Å². The van der Waals surface area contributed by atoms with Crippen LogP contribution in [0.1, 0.15) is 33.1 Å². The van der Waals surface area contributed by atoms with E-state index in [1.165, 1.54) is 11.3 Å². The van der Waals surface area contributed by atoms with E-state index < -0.39 is 0 Å². The van der Waals surface area contributed by atoms with E-state index in [2.05, 4.69) is 34.5 Å². The topological polar surface area (TPSA) is 52.7 Å². The summed E-state index contributed by atoms with van der Waals surface area (Å²) in [5.74, 6) is 0.235. The Hall–Kier alpha value is -2.96. The number of rotatable bonds is 8. The summed E-state index contributed by atoms with van der Waals surface area (Å²) in [4.78, 5) is 30.2. The minimum Gasteiger partial charge on any atom is -0.355 e. The number of benzene rings is 2. The third-order valence-electron chi connectivity index (χ3n) is 5.94. The fourth-order valence-electron chi connectivity index (χ4n) is 4.14. The highest BCUT2D eigenvalue weighted by atomic mass is 32.1. The molecule has 0 unspecified atom stereocenters. The third kappa shape index (κ3) is 5.84. The number of nitrogens with zero attached hydrogens (tertiary/aromatic N) is 2. The van der Waals surface area contributed by atoms with Crippen molar-refractivity contribution in [1.29, 1.82) is 0 Å². The molecule has 2 amide bonds. The van der Waals surface area contributed by atoms with Gasteiger partial charge in [0.2, 0.25) is 5.91 Å². The lowest BCUT2D eigenvalue weighted by atomic mass is 9.88. The zero-order valence-electron chi connectivity index (χ0n) is 18.2. The summed E-state index contributed by atoms with van der Waals surface area (Å²) >= 11 is 1.49. The van der Waals surface area contributed by atoms with Gasteiger partial charge in [-0.05, 0) is 22.6 Å². The van der Waals surface area contributed by atoms with Crippen molar-refractivity contribution >= 4 is 23.2 Å². The van der Waals surface area contributed by atoms with Crippen molar-refractivity contribution in [1.82, 2.24) is 15.1 Å². The van der Waals surface area contributed by atoms with E-state index in [1.807, 2.05) is 58.8 Å². The van der Waals surface area contributed by atoms with Crippen LogP contribution in [0.2, 0.25) is 0 Å². The summed E-state index contributed by atoms with van der Waals surface area (Å²) in [6, 6.07) is 24.2. The monoisotopic (exact) mass is 447 g/mol. The van der Waals surface area contributed by atoms with Crippen LogP contribution in [0.5, 0.6) is 0 Å². The number of hydrogen-bond acceptors (Lipinski definition) is 4. The van der Waals surface area contributed by atoms with Gasteiger partial charge in [0.1, 0.15) is 0 Å². The standard InChI is InChI=1S/C26H29N3O2S/c30-25(20-23(21-8-3-1-4-9-21)22-10-5-2-6-11-22)27-13-14-28-15-17-29(18-16-28)26(31)24-12-7-19-32-24/h1-12,19,23H,13-18,20H2,(H,27,30). The number of amides is 2. The second-order valence-electron chi connectivity index (χ2n) is 8.04. The number of carbonyl (C=O) groups is 2. The van der Waals surface area contributed by atoms with Crippen LogP contribution in [0.3, 0.4) is 0 Å². The van der Waals surface area contributed by atoms with Crippen LogP contribution in [0, 0.1) is 0 Å². The first-order valence-corrected chi connectivity index (χ1v) is 12.0. The highest BCUT2D eigenvalue weighted by Gasteiger charge is 2.23. The Balaban J connectivity index is 1.24. The van der Waals surface area contributed by atoms with Gasteiger partial charge in [-0.15, -0.1) is 11.3 Å². The van der Waals surface area contributed by atoms with E-state index >= 15 is 0 Å². The fraction of sp³-hybridized carbons (Fsp3) is 0.308. The maximum atomic E-state index is 12.7. The Kier molecular flexibility index (Phi) is 7.69. The highest BCUT2D eigenvalue weighted by molar-refractivity contribution is 7.12. The van der Waals surface area contributed by atoms with Crippen molar-refractivity contribution < 1.29 is 9.59 Å². The Morgan fingerprint density at radius 3 is 2.03 bits per heavy atom. The smallest absolute Gasteiger partial charge is 0.264 e. The number of piperazine rings is 1. The average Bonchev–Trinajstić information content (AvgIpc) is 3.39. The normalized spacial score (nSPS) is 14.5. The van der Waals surface area contributed by atoms with Crippen LogP contribution in [0.25, 0.3) is 0 Å². The number of nitrogens with one attached hydrogen (secondary N) is 1. The van der Waals surface area contributed by atoms with Gasteiger partial charge in [-0.2, -0.15) is 0 Å². The molecule has 1 aliphatic rings. The predicted octanol–water partition coefficient (Wildman–Crippen LogP) is 3.84. The van der Waals surface area contributed by atoms with Crippen molar-refractivity contribution in [3.8, 4) is 0 Å². The molecule has 1 fully saturated rings. The van der Waals surface area contributed by atoms with Crippen LogP contribution in [-0.4, -0.2) is 60.9 Å². The van der Waals surface area contributed by atoms with Gasteiger partial charge in [0.15, 0.2) is 0 Å². The van der Waals surface area contributed by atoms with Crippen LogP contribution in [0.15, 0.2) is 78.2 Å². The molecule has 0 spiro atoms. The molecule has 0 saturated carbocycles. The molecule has 2 aromatic carbocycles. The van der Waals surface area contributed by atoms with Gasteiger partial charge in [0.05, 0.1) is 4.88 Å². The molecule has 3 aromatic rings. The van der Waals surface area contributed by atoms with Crippen LogP contribution < -0.4 is 5.32 Å². The molecule has 1 N–H and O–H groups in total. The summed E-state index contributed by atoms with van der Waals surface area (Å²) < 4.78 is 0. The first kappa shape index (κ1) is 22.2. The van der Waals surface area contributed by atoms with Gasteiger partial charge in [0.25, 0.3) is 5.91 Å². The molecule has 1 aromatic heterocycles. The lowest BCUT2D eigenvalue weighted by molar-refractivity contribution is -0.121. The van der Waals surface area contributed by atoms with Gasteiger partial charge in [0, 0.05) is 51.6 Å². The maximum Gasteiger partial charge on any atom is 0.264 e. The van der Waals surface area contributed by atoms with Gasteiger partial charge < -0.3 is 10.2 Å². The third-order valence-corrected chi connectivity index (χ3v) is 6.79. The lowest BCUT2D eigenvalue weighted by Crippen LogP contribution is -2.50. The maximum absolute atomic E-state index is 12.7. The summed E-state index contributed by atoms with van der Waals surface area (Å²) in [5.41, 5.74) is 2.31. The number of carbonyl (C=O) groups excluding carboxylic acids is 2. The number of thiophene rings is 1. The van der Waals surface area contributed by atoms with Crippen LogP contribution in [0.4, 0.5) is 0 Å². The minimum atomic E-state index is 0.0456. The van der Waals surface area contributed by atoms with Crippen molar-refractivity contribution in [2.24, 2.45) is 0 Å². The van der Waals surface area contributed by atoms with E-state index in [9.17, 15) is 9.59 Å². The van der Waals surface area contributed by atoms with Crippen LogP contribution in [-0.2, 0) is 4.79 Å². The van der Waals surface area contributed by atoms with E-state index in [0.717, 1.165) is 48.7 Å². The largest absolute Gasteiger partial charge is 0.355 e. The second kappa shape index (κ2) is 11.1. The summed E-state index contributed by atoms with van der Waals surface area (Å²) in [5, 5.41) is 5.03. The zero-order chi connectivity index (χ0) is 22.2. The van der Waals surface area contributed by atoms with Gasteiger partial charge in [-0.1, -0.05) is 66.7 Å². The minimum absolute atomic E-state index is 0.0456. The molecule has 166 valence electrons. The molecular formula is C26H29N3O2S. The summed E-state index contributed by atoms with van der Waals surface area (Å²) in [6.07, 6.45) is 0.428. The molecule has 6 heteroatoms. The summed E-state index contributed by atoms with van der Waals surface area (Å²) in [7, 11) is 0. The molecule has 5 nitrogen and oxygen atoms in total. The van der Waals surface area contributed by atoms with E-state index in [4.69, 9.17) is 0 Å². The fourth-order valence-corrected chi connectivity index (χ4v) is 4.83. The summed E-state index contributed by atoms with van der Waals surface area (Å²) in [6.45, 7) is 4.55. The Morgan fingerprint density at radius 2 is 1.47 bits per heavy atom. The molecule has 32 heavy (non-hydrogen) atoms. The zero-order valence-corrected chi connectivity index (χ0v) is 19.0. The molecule has 0 aliphatic carbocycles. The van der Waals surface area contributed by atoms with Crippen molar-refractivity contribution in [2.75, 3.05) is 39.3 Å². The molecule has 1 saturated heterocycles. The molecule has 0 bridgehead atoms. The predicted molar refractivity (Wildman–Crippen MR) is 129 cm³/mol. The Bertz CT molecular complexity index is 945. The van der Waals surface area contributed by atoms with E-state index in [-0.39, 0.29) is 17.7 Å². The number of hydrogen-bond donors (Lipinski definition) is 1. The van der Waals surface area contributed by atoms with E-state index in [1.54, 1.807) is 0 Å². The first-order chi connectivity index (χ1) is 15.7. The first-order valence-electron chi connectivity index (χ1n) is 11.1. The molecule has 0 atom stereocenters. The van der Waals surface area contributed by atoms with Crippen LogP contribution >= 0.6 is 11.3 Å². The highest BCUT2D eigenvalue weighted by Crippen LogP contribution is 2.27. The quantitative estimate of drug-likeness (QED) is 0.571. The molecular weight excluding hydrogens is 418 g/mol. The Morgan fingerprint density at radius 1 is 0.844 bits per heavy atom. The van der Waals surface area contributed by atoms with Crippen molar-refractivity contribution in [3.63, 3.8) is 0 Å². The molecule has 1 aliphatic heterocycles. The SMILES string of the molecule is O=C(CC(c1ccccc1)c1ccccc1)NCCN1CCN(C(=O)c2cccs2)CC1. The van der Waals surface area contributed by atoms with E-state index in [0.29, 0.717) is 13.0 Å². The van der Waals surface area contributed by atoms with Crippen molar-refractivity contribution in [3.05, 3.63) is 94.2 Å².